The second kappa shape index (κ2) is 9.37. The van der Waals surface area contributed by atoms with Crippen LogP contribution in [0.15, 0.2) is 54.0 Å². The van der Waals surface area contributed by atoms with E-state index in [-0.39, 0.29) is 6.09 Å². The SMILES string of the molecule is CCOC(=O)N1CCN(c2nc3ccccc3nc2Nc2nc(-c3ccccn3)cs2)CC1. The summed E-state index contributed by atoms with van der Waals surface area (Å²) in [6.07, 6.45) is 1.48. The monoisotopic (exact) mass is 461 g/mol. The number of nitrogens with zero attached hydrogens (tertiary/aromatic N) is 6. The van der Waals surface area contributed by atoms with Crippen molar-refractivity contribution >= 4 is 45.2 Å². The molecule has 1 aliphatic heterocycles. The molecule has 0 atom stereocenters. The van der Waals surface area contributed by atoms with Gasteiger partial charge in [0.1, 0.15) is 5.69 Å². The van der Waals surface area contributed by atoms with Crippen LogP contribution in [0, 0.1) is 0 Å². The zero-order chi connectivity index (χ0) is 22.6. The van der Waals surface area contributed by atoms with Crippen molar-refractivity contribution in [2.75, 3.05) is 43.0 Å². The molecule has 33 heavy (non-hydrogen) atoms. The van der Waals surface area contributed by atoms with Crippen molar-refractivity contribution < 1.29 is 9.53 Å². The molecular weight excluding hydrogens is 438 g/mol. The summed E-state index contributed by atoms with van der Waals surface area (Å²) in [5.41, 5.74) is 3.25. The lowest BCUT2D eigenvalue weighted by molar-refractivity contribution is 0.105. The van der Waals surface area contributed by atoms with E-state index in [2.05, 4.69) is 20.2 Å². The van der Waals surface area contributed by atoms with Gasteiger partial charge in [-0.2, -0.15) is 0 Å². The molecule has 1 amide bonds. The van der Waals surface area contributed by atoms with Gasteiger partial charge in [0.2, 0.25) is 0 Å². The molecule has 4 aromatic rings. The number of para-hydroxylation sites is 2. The minimum atomic E-state index is -0.273. The molecule has 1 aliphatic rings. The molecular formula is C23H23N7O2S. The number of ether oxygens (including phenoxy) is 1. The van der Waals surface area contributed by atoms with E-state index in [0.717, 1.165) is 28.2 Å². The number of aromatic nitrogens is 4. The van der Waals surface area contributed by atoms with Crippen LogP contribution in [0.25, 0.3) is 22.4 Å². The first-order chi connectivity index (χ1) is 16.2. The predicted octanol–water partition coefficient (Wildman–Crippen LogP) is 4.17. The zero-order valence-electron chi connectivity index (χ0n) is 18.1. The summed E-state index contributed by atoms with van der Waals surface area (Å²) in [6.45, 7) is 4.59. The lowest BCUT2D eigenvalue weighted by atomic mass is 10.3. The Morgan fingerprint density at radius 3 is 2.48 bits per heavy atom. The average Bonchev–Trinajstić information content (AvgIpc) is 3.33. The molecule has 1 aromatic carbocycles. The number of hydrogen-bond donors (Lipinski definition) is 1. The summed E-state index contributed by atoms with van der Waals surface area (Å²) in [4.78, 5) is 34.7. The van der Waals surface area contributed by atoms with E-state index in [1.807, 2.05) is 54.8 Å². The van der Waals surface area contributed by atoms with Crippen molar-refractivity contribution in [3.8, 4) is 11.4 Å². The molecule has 0 bridgehead atoms. The molecule has 5 rings (SSSR count). The quantitative estimate of drug-likeness (QED) is 0.473. The Bertz CT molecular complexity index is 1260. The fraction of sp³-hybridized carbons (Fsp3) is 0.261. The molecule has 0 spiro atoms. The third kappa shape index (κ3) is 4.56. The van der Waals surface area contributed by atoms with Crippen molar-refractivity contribution in [3.05, 3.63) is 54.0 Å². The molecule has 10 heteroatoms. The first-order valence-corrected chi connectivity index (χ1v) is 11.7. The zero-order valence-corrected chi connectivity index (χ0v) is 19.0. The summed E-state index contributed by atoms with van der Waals surface area (Å²) in [5.74, 6) is 1.38. The summed E-state index contributed by atoms with van der Waals surface area (Å²) >= 11 is 1.49. The Morgan fingerprint density at radius 2 is 1.76 bits per heavy atom. The first kappa shape index (κ1) is 21.1. The number of thiazole rings is 1. The van der Waals surface area contributed by atoms with E-state index in [0.29, 0.717) is 43.7 Å². The van der Waals surface area contributed by atoms with Gasteiger partial charge in [-0.1, -0.05) is 18.2 Å². The maximum Gasteiger partial charge on any atom is 0.409 e. The molecule has 4 heterocycles. The molecule has 1 N–H and O–H groups in total. The van der Waals surface area contributed by atoms with Gasteiger partial charge in [-0.15, -0.1) is 11.3 Å². The van der Waals surface area contributed by atoms with E-state index in [9.17, 15) is 4.79 Å². The number of anilines is 3. The second-order valence-electron chi connectivity index (χ2n) is 7.44. The number of hydrogen-bond acceptors (Lipinski definition) is 9. The van der Waals surface area contributed by atoms with Crippen LogP contribution in [0.4, 0.5) is 21.6 Å². The van der Waals surface area contributed by atoms with E-state index in [1.54, 1.807) is 11.1 Å². The fourth-order valence-corrected chi connectivity index (χ4v) is 4.38. The minimum absolute atomic E-state index is 0.273. The Balaban J connectivity index is 1.42. The lowest BCUT2D eigenvalue weighted by Gasteiger charge is -2.35. The maximum absolute atomic E-state index is 12.1. The number of benzene rings is 1. The molecule has 1 saturated heterocycles. The predicted molar refractivity (Wildman–Crippen MR) is 129 cm³/mol. The second-order valence-corrected chi connectivity index (χ2v) is 8.29. The molecule has 0 unspecified atom stereocenters. The number of carbonyl (C=O) groups is 1. The van der Waals surface area contributed by atoms with E-state index < -0.39 is 0 Å². The van der Waals surface area contributed by atoms with Gasteiger partial charge in [0.25, 0.3) is 0 Å². The summed E-state index contributed by atoms with van der Waals surface area (Å²) in [7, 11) is 0. The van der Waals surface area contributed by atoms with Gasteiger partial charge < -0.3 is 19.9 Å². The van der Waals surface area contributed by atoms with Crippen LogP contribution < -0.4 is 10.2 Å². The molecule has 9 nitrogen and oxygen atoms in total. The fourth-order valence-electron chi connectivity index (χ4n) is 3.68. The van der Waals surface area contributed by atoms with Gasteiger partial charge in [0, 0.05) is 37.8 Å². The van der Waals surface area contributed by atoms with Crippen LogP contribution in [-0.4, -0.2) is 63.7 Å². The van der Waals surface area contributed by atoms with Crippen molar-refractivity contribution in [2.24, 2.45) is 0 Å². The molecule has 3 aromatic heterocycles. The standard InChI is InChI=1S/C23H23N7O2S/c1-2-32-23(31)30-13-11-29(12-14-30)21-20(25-17-8-3-4-9-18(17)26-21)28-22-27-19(15-33-22)16-7-5-6-10-24-16/h3-10,15H,2,11-14H2,1H3,(H,25,27,28). The third-order valence-corrected chi connectivity index (χ3v) is 6.07. The molecule has 0 radical (unpaired) electrons. The number of carbonyl (C=O) groups excluding carboxylic acids is 1. The van der Waals surface area contributed by atoms with Crippen LogP contribution >= 0.6 is 11.3 Å². The smallest absolute Gasteiger partial charge is 0.409 e. The lowest BCUT2D eigenvalue weighted by Crippen LogP contribution is -2.49. The van der Waals surface area contributed by atoms with Gasteiger partial charge in [-0.25, -0.2) is 19.7 Å². The Kier molecular flexibility index (Phi) is 5.99. The van der Waals surface area contributed by atoms with E-state index in [4.69, 9.17) is 14.7 Å². The largest absolute Gasteiger partial charge is 0.450 e. The summed E-state index contributed by atoms with van der Waals surface area (Å²) in [5, 5.41) is 6.05. The molecule has 0 aliphatic carbocycles. The van der Waals surface area contributed by atoms with Gasteiger partial charge in [0.15, 0.2) is 16.8 Å². The van der Waals surface area contributed by atoms with E-state index in [1.165, 1.54) is 11.3 Å². The molecule has 1 fully saturated rings. The van der Waals surface area contributed by atoms with Crippen LogP contribution in [0.3, 0.4) is 0 Å². The van der Waals surface area contributed by atoms with Crippen molar-refractivity contribution in [1.82, 2.24) is 24.8 Å². The number of pyridine rings is 1. The van der Waals surface area contributed by atoms with Crippen LogP contribution in [0.2, 0.25) is 0 Å². The van der Waals surface area contributed by atoms with Gasteiger partial charge in [-0.3, -0.25) is 4.98 Å². The molecule has 0 saturated carbocycles. The van der Waals surface area contributed by atoms with Crippen molar-refractivity contribution in [2.45, 2.75) is 6.92 Å². The number of rotatable bonds is 5. The highest BCUT2D eigenvalue weighted by molar-refractivity contribution is 7.14. The minimum Gasteiger partial charge on any atom is -0.450 e. The van der Waals surface area contributed by atoms with Gasteiger partial charge >= 0.3 is 6.09 Å². The number of piperazine rings is 1. The van der Waals surface area contributed by atoms with Gasteiger partial charge in [-0.05, 0) is 31.2 Å². The van der Waals surface area contributed by atoms with Crippen LogP contribution in [0.5, 0.6) is 0 Å². The normalized spacial score (nSPS) is 13.8. The summed E-state index contributed by atoms with van der Waals surface area (Å²) in [6, 6.07) is 13.5. The maximum atomic E-state index is 12.1. The Hall–Kier alpha value is -3.79. The van der Waals surface area contributed by atoms with Crippen molar-refractivity contribution in [3.63, 3.8) is 0 Å². The number of nitrogens with one attached hydrogen (secondary N) is 1. The van der Waals surface area contributed by atoms with E-state index >= 15 is 0 Å². The number of fused-ring (bicyclic) bond motifs is 1. The highest BCUT2D eigenvalue weighted by atomic mass is 32.1. The van der Waals surface area contributed by atoms with Crippen LogP contribution in [-0.2, 0) is 4.74 Å². The van der Waals surface area contributed by atoms with Gasteiger partial charge in [0.05, 0.1) is 23.3 Å². The average molecular weight is 462 g/mol. The highest BCUT2D eigenvalue weighted by Crippen LogP contribution is 2.31. The number of amides is 1. The van der Waals surface area contributed by atoms with Crippen molar-refractivity contribution in [1.29, 1.82) is 0 Å². The third-order valence-electron chi connectivity index (χ3n) is 5.31. The Morgan fingerprint density at radius 1 is 1.00 bits per heavy atom. The summed E-state index contributed by atoms with van der Waals surface area (Å²) < 4.78 is 5.14. The molecule has 168 valence electrons. The Labute approximate surface area is 195 Å². The topological polar surface area (TPSA) is 96.4 Å². The highest BCUT2D eigenvalue weighted by Gasteiger charge is 2.25. The first-order valence-electron chi connectivity index (χ1n) is 10.8. The van der Waals surface area contributed by atoms with Crippen LogP contribution in [0.1, 0.15) is 6.92 Å².